The molecule has 2 aromatic carbocycles. The molecule has 166 valence electrons. The van der Waals surface area contributed by atoms with Crippen LogP contribution < -0.4 is 9.47 Å². The van der Waals surface area contributed by atoms with Gasteiger partial charge in [-0.05, 0) is 52.0 Å². The van der Waals surface area contributed by atoms with E-state index in [1.165, 1.54) is 0 Å². The minimum Gasteiger partial charge on any atom is -0.431 e. The van der Waals surface area contributed by atoms with Crippen LogP contribution in [-0.4, -0.2) is 34.5 Å². The topological polar surface area (TPSA) is 103 Å². The second-order valence-corrected chi connectivity index (χ2v) is 7.79. The maximum atomic E-state index is 12.3. The number of rotatable bonds is 5. The smallest absolute Gasteiger partial charge is 0.431 e. The van der Waals surface area contributed by atoms with Crippen molar-refractivity contribution in [2.75, 3.05) is 0 Å². The van der Waals surface area contributed by atoms with Gasteiger partial charge in [0.2, 0.25) is 0 Å². The molecule has 0 spiro atoms. The molecule has 0 saturated heterocycles. The molecule has 0 atom stereocenters. The number of ether oxygens (including phenoxy) is 4. The summed E-state index contributed by atoms with van der Waals surface area (Å²) >= 11 is 0. The van der Waals surface area contributed by atoms with Crippen LogP contribution in [0.4, 0.5) is 9.59 Å². The van der Waals surface area contributed by atoms with Crippen molar-refractivity contribution in [3.05, 3.63) is 48.5 Å². The Morgan fingerprint density at radius 2 is 1.03 bits per heavy atom. The second kappa shape index (κ2) is 8.66. The highest BCUT2D eigenvalue weighted by Gasteiger charge is 2.26. The summed E-state index contributed by atoms with van der Waals surface area (Å²) in [6.07, 6.45) is -2.34. The number of carbonyl (C=O) groups excluding carboxylic acids is 2. The summed E-state index contributed by atoms with van der Waals surface area (Å²) < 4.78 is 21.5. The van der Waals surface area contributed by atoms with Crippen LogP contribution in [0.15, 0.2) is 48.5 Å². The van der Waals surface area contributed by atoms with E-state index in [2.05, 4.69) is 9.97 Å². The van der Waals surface area contributed by atoms with Crippen molar-refractivity contribution in [2.45, 2.75) is 39.9 Å². The van der Waals surface area contributed by atoms with Gasteiger partial charge in [0.1, 0.15) is 11.4 Å². The van der Waals surface area contributed by atoms with E-state index in [1.807, 2.05) is 48.5 Å². The first-order valence-electron chi connectivity index (χ1n) is 10.3. The van der Waals surface area contributed by atoms with Crippen LogP contribution in [0.2, 0.25) is 0 Å². The highest BCUT2D eigenvalue weighted by atomic mass is 16.7. The molecule has 32 heavy (non-hydrogen) atoms. The molecule has 2 heterocycles. The zero-order valence-electron chi connectivity index (χ0n) is 18.2. The Morgan fingerprint density at radius 1 is 0.656 bits per heavy atom. The number of nitrogens with one attached hydrogen (secondary N) is 2. The van der Waals surface area contributed by atoms with E-state index in [9.17, 15) is 9.59 Å². The zero-order valence-corrected chi connectivity index (χ0v) is 18.2. The van der Waals surface area contributed by atoms with E-state index in [4.69, 9.17) is 18.9 Å². The lowest BCUT2D eigenvalue weighted by Crippen LogP contribution is -2.16. The lowest BCUT2D eigenvalue weighted by atomic mass is 10.2. The van der Waals surface area contributed by atoms with E-state index in [1.54, 1.807) is 27.7 Å². The van der Waals surface area contributed by atoms with Crippen LogP contribution in [0.1, 0.15) is 27.7 Å². The summed E-state index contributed by atoms with van der Waals surface area (Å²) in [7, 11) is 0. The predicted molar refractivity (Wildman–Crippen MR) is 120 cm³/mol. The van der Waals surface area contributed by atoms with E-state index in [-0.39, 0.29) is 23.7 Å². The molecule has 0 aliphatic carbocycles. The number of aromatic amines is 2. The number of fused-ring (bicyclic) bond motifs is 2. The Balaban J connectivity index is 1.87. The summed E-state index contributed by atoms with van der Waals surface area (Å²) in [5, 5.41) is 1.36. The number of hydrogen-bond acceptors (Lipinski definition) is 6. The van der Waals surface area contributed by atoms with Gasteiger partial charge in [-0.2, -0.15) is 0 Å². The molecule has 0 radical (unpaired) electrons. The Kier molecular flexibility index (Phi) is 5.77. The maximum Gasteiger partial charge on any atom is 0.514 e. The number of hydrogen-bond donors (Lipinski definition) is 2. The lowest BCUT2D eigenvalue weighted by molar-refractivity contribution is 0.0717. The molecule has 4 aromatic rings. The molecule has 0 aliphatic rings. The molecule has 0 unspecified atom stereocenters. The van der Waals surface area contributed by atoms with Gasteiger partial charge >= 0.3 is 12.3 Å². The zero-order chi connectivity index (χ0) is 22.8. The van der Waals surface area contributed by atoms with Gasteiger partial charge in [0.25, 0.3) is 0 Å². The lowest BCUT2D eigenvalue weighted by Gasteiger charge is -2.11. The van der Waals surface area contributed by atoms with Crippen molar-refractivity contribution in [3.8, 4) is 22.9 Å². The van der Waals surface area contributed by atoms with Gasteiger partial charge in [-0.25, -0.2) is 9.59 Å². The van der Waals surface area contributed by atoms with Gasteiger partial charge < -0.3 is 28.9 Å². The van der Waals surface area contributed by atoms with E-state index in [0.29, 0.717) is 22.2 Å². The molecule has 0 fully saturated rings. The summed E-state index contributed by atoms with van der Waals surface area (Å²) in [4.78, 5) is 31.2. The standard InChI is InChI=1S/C24H24N2O6/c1-13(2)29-23(27)31-21-15-9-5-7-11-17(15)25-19(21)20-22(32-24(28)30-14(3)4)16-10-6-8-12-18(16)26-20/h5-14,25-26H,1-4H3. The first kappa shape index (κ1) is 21.3. The van der Waals surface area contributed by atoms with Crippen molar-refractivity contribution < 1.29 is 28.5 Å². The fraction of sp³-hybridized carbons (Fsp3) is 0.250. The Morgan fingerprint density at radius 3 is 1.41 bits per heavy atom. The van der Waals surface area contributed by atoms with Crippen LogP contribution in [0.3, 0.4) is 0 Å². The van der Waals surface area contributed by atoms with E-state index < -0.39 is 12.3 Å². The van der Waals surface area contributed by atoms with Crippen molar-refractivity contribution in [1.29, 1.82) is 0 Å². The molecular formula is C24H24N2O6. The average Bonchev–Trinajstić information content (AvgIpc) is 3.25. The van der Waals surface area contributed by atoms with E-state index in [0.717, 1.165) is 11.0 Å². The third-order valence-corrected chi connectivity index (χ3v) is 4.60. The summed E-state index contributed by atoms with van der Waals surface area (Å²) in [6, 6.07) is 14.8. The first-order valence-corrected chi connectivity index (χ1v) is 10.3. The summed E-state index contributed by atoms with van der Waals surface area (Å²) in [5.41, 5.74) is 2.36. The fourth-order valence-corrected chi connectivity index (χ4v) is 3.40. The maximum absolute atomic E-state index is 12.3. The summed E-state index contributed by atoms with van der Waals surface area (Å²) in [6.45, 7) is 6.95. The highest BCUT2D eigenvalue weighted by molar-refractivity contribution is 6.01. The number of H-pyrrole nitrogens is 2. The number of benzene rings is 2. The third-order valence-electron chi connectivity index (χ3n) is 4.60. The fourth-order valence-electron chi connectivity index (χ4n) is 3.40. The normalized spacial score (nSPS) is 11.3. The van der Waals surface area contributed by atoms with Gasteiger partial charge in [0, 0.05) is 21.8 Å². The average molecular weight is 436 g/mol. The molecule has 0 saturated carbocycles. The van der Waals surface area contributed by atoms with Crippen molar-refractivity contribution >= 4 is 34.1 Å². The molecule has 0 amide bonds. The Hall–Kier alpha value is -3.94. The molecule has 2 N–H and O–H groups in total. The van der Waals surface area contributed by atoms with Crippen LogP contribution in [0, 0.1) is 0 Å². The van der Waals surface area contributed by atoms with Gasteiger partial charge in [-0.15, -0.1) is 0 Å². The SMILES string of the molecule is CC(C)OC(=O)Oc1c(-c2[nH]c3ccccc3c2OC(=O)OC(C)C)[nH]c2ccccc12. The Labute approximate surface area is 184 Å². The number of para-hydroxylation sites is 2. The summed E-state index contributed by atoms with van der Waals surface area (Å²) in [5.74, 6) is 0.528. The van der Waals surface area contributed by atoms with Crippen LogP contribution >= 0.6 is 0 Å². The van der Waals surface area contributed by atoms with Gasteiger partial charge in [-0.1, -0.05) is 24.3 Å². The van der Waals surface area contributed by atoms with Gasteiger partial charge in [0.15, 0.2) is 11.5 Å². The van der Waals surface area contributed by atoms with Crippen LogP contribution in [0.5, 0.6) is 11.5 Å². The van der Waals surface area contributed by atoms with E-state index >= 15 is 0 Å². The molecule has 0 bridgehead atoms. The predicted octanol–water partition coefficient (Wildman–Crippen LogP) is 6.16. The largest absolute Gasteiger partial charge is 0.514 e. The number of aromatic nitrogens is 2. The molecule has 8 heteroatoms. The van der Waals surface area contributed by atoms with Crippen molar-refractivity contribution in [2.24, 2.45) is 0 Å². The Bertz CT molecular complexity index is 1180. The molecule has 4 rings (SSSR count). The molecule has 2 aromatic heterocycles. The van der Waals surface area contributed by atoms with Crippen molar-refractivity contribution in [3.63, 3.8) is 0 Å². The van der Waals surface area contributed by atoms with Crippen LogP contribution in [0.25, 0.3) is 33.2 Å². The first-order chi connectivity index (χ1) is 15.3. The third kappa shape index (κ3) is 4.25. The molecule has 0 aliphatic heterocycles. The molecular weight excluding hydrogens is 412 g/mol. The van der Waals surface area contributed by atoms with Gasteiger partial charge in [0.05, 0.1) is 12.2 Å². The quantitative estimate of drug-likeness (QED) is 0.363. The van der Waals surface area contributed by atoms with Gasteiger partial charge in [-0.3, -0.25) is 0 Å². The minimum absolute atomic E-state index is 0.264. The highest BCUT2D eigenvalue weighted by Crippen LogP contribution is 2.44. The van der Waals surface area contributed by atoms with Crippen LogP contribution in [-0.2, 0) is 9.47 Å². The second-order valence-electron chi connectivity index (χ2n) is 7.79. The number of carbonyl (C=O) groups is 2. The molecule has 8 nitrogen and oxygen atoms in total. The minimum atomic E-state index is -0.830. The monoisotopic (exact) mass is 436 g/mol. The van der Waals surface area contributed by atoms with Crippen molar-refractivity contribution in [1.82, 2.24) is 9.97 Å².